The molecule has 0 saturated heterocycles. The largest absolute Gasteiger partial charge is 0.481 e. The Morgan fingerprint density at radius 3 is 2.67 bits per heavy atom. The molecule has 9 heteroatoms. The molecule has 0 atom stereocenters. The topological polar surface area (TPSA) is 79.9 Å². The molecule has 0 aliphatic carbocycles. The molecule has 0 aromatic carbocycles. The van der Waals surface area contributed by atoms with Crippen molar-refractivity contribution in [2.24, 2.45) is 0 Å². The van der Waals surface area contributed by atoms with Crippen molar-refractivity contribution in [2.45, 2.75) is 19.1 Å². The highest BCUT2D eigenvalue weighted by Crippen LogP contribution is 2.29. The van der Waals surface area contributed by atoms with Gasteiger partial charge in [-0.3, -0.25) is 4.79 Å². The first-order chi connectivity index (χ1) is 9.86. The van der Waals surface area contributed by atoms with Crippen LogP contribution in [-0.2, 0) is 17.5 Å². The van der Waals surface area contributed by atoms with Gasteiger partial charge in [0.05, 0.1) is 5.69 Å². The van der Waals surface area contributed by atoms with Crippen molar-refractivity contribution < 1.29 is 27.8 Å². The first kappa shape index (κ1) is 14.8. The average molecular weight is 299 g/mol. The minimum absolute atomic E-state index is 0.0928. The maximum Gasteiger partial charge on any atom is 0.433 e. The Kier molecular flexibility index (Phi) is 4.10. The van der Waals surface area contributed by atoms with Crippen LogP contribution in [0.15, 0.2) is 30.9 Å². The molecule has 0 unspecified atom stereocenters. The third-order valence-electron chi connectivity index (χ3n) is 2.58. The predicted octanol–water partition coefficient (Wildman–Crippen LogP) is 1.32. The van der Waals surface area contributed by atoms with Crippen LogP contribution in [0, 0.1) is 0 Å². The summed E-state index contributed by atoms with van der Waals surface area (Å²) in [4.78, 5) is 17.4. The predicted molar refractivity (Wildman–Crippen MR) is 62.7 cm³/mol. The number of hydrogen-bond donors (Lipinski definition) is 1. The SMILES string of the molecule is O=C(O)CC[n+]1ccc(-c2cc(C(F)(F)F)ncn2)cn1. The van der Waals surface area contributed by atoms with E-state index >= 15 is 0 Å². The summed E-state index contributed by atoms with van der Waals surface area (Å²) in [6.45, 7) is 0.174. The van der Waals surface area contributed by atoms with E-state index in [0.29, 0.717) is 5.56 Å². The summed E-state index contributed by atoms with van der Waals surface area (Å²) in [7, 11) is 0. The van der Waals surface area contributed by atoms with Gasteiger partial charge in [0, 0.05) is 11.6 Å². The van der Waals surface area contributed by atoms with Gasteiger partial charge in [0.1, 0.15) is 24.6 Å². The van der Waals surface area contributed by atoms with E-state index in [1.165, 1.54) is 23.1 Å². The molecule has 1 N–H and O–H groups in total. The molecule has 0 aliphatic rings. The Bertz CT molecular complexity index is 644. The lowest BCUT2D eigenvalue weighted by atomic mass is 10.2. The van der Waals surface area contributed by atoms with Crippen LogP contribution in [0.4, 0.5) is 13.2 Å². The molecule has 21 heavy (non-hydrogen) atoms. The fourth-order valence-corrected chi connectivity index (χ4v) is 1.55. The third kappa shape index (κ3) is 3.94. The zero-order chi connectivity index (χ0) is 15.5. The first-order valence-electron chi connectivity index (χ1n) is 5.83. The van der Waals surface area contributed by atoms with Gasteiger partial charge < -0.3 is 5.11 Å². The number of carboxylic acids is 1. The lowest BCUT2D eigenvalue weighted by Crippen LogP contribution is -2.38. The number of aryl methyl sites for hydroxylation is 1. The van der Waals surface area contributed by atoms with E-state index < -0.39 is 17.8 Å². The van der Waals surface area contributed by atoms with Gasteiger partial charge in [-0.2, -0.15) is 13.2 Å². The van der Waals surface area contributed by atoms with Gasteiger partial charge in [-0.25, -0.2) is 9.97 Å². The summed E-state index contributed by atoms with van der Waals surface area (Å²) >= 11 is 0. The van der Waals surface area contributed by atoms with Crippen molar-refractivity contribution in [2.75, 3.05) is 0 Å². The number of carbonyl (C=O) groups is 1. The minimum Gasteiger partial charge on any atom is -0.481 e. The second-order valence-corrected chi connectivity index (χ2v) is 4.11. The molecule has 2 aromatic heterocycles. The molecular formula is C12H10F3N4O2+. The van der Waals surface area contributed by atoms with Crippen LogP contribution in [0.5, 0.6) is 0 Å². The highest BCUT2D eigenvalue weighted by molar-refractivity contribution is 5.66. The van der Waals surface area contributed by atoms with Gasteiger partial charge in [-0.05, 0) is 11.2 Å². The van der Waals surface area contributed by atoms with E-state index in [-0.39, 0.29) is 18.7 Å². The number of halogens is 3. The van der Waals surface area contributed by atoms with E-state index in [1.807, 2.05) is 0 Å². The van der Waals surface area contributed by atoms with Gasteiger partial charge >= 0.3 is 12.1 Å². The molecule has 2 aromatic rings. The molecular weight excluding hydrogens is 289 g/mol. The number of nitrogens with zero attached hydrogens (tertiary/aromatic N) is 4. The molecule has 2 heterocycles. The maximum atomic E-state index is 12.6. The van der Waals surface area contributed by atoms with Crippen molar-refractivity contribution in [1.29, 1.82) is 0 Å². The van der Waals surface area contributed by atoms with E-state index in [9.17, 15) is 18.0 Å². The molecule has 0 saturated carbocycles. The Labute approximate surface area is 116 Å². The van der Waals surface area contributed by atoms with Crippen molar-refractivity contribution in [3.63, 3.8) is 0 Å². The Balaban J connectivity index is 2.21. The van der Waals surface area contributed by atoms with Crippen molar-refractivity contribution >= 4 is 5.97 Å². The molecule has 6 nitrogen and oxygen atoms in total. The number of aliphatic carboxylic acids is 1. The zero-order valence-electron chi connectivity index (χ0n) is 10.6. The maximum absolute atomic E-state index is 12.6. The van der Waals surface area contributed by atoms with Crippen LogP contribution < -0.4 is 4.68 Å². The number of carboxylic acid groups (broad SMARTS) is 1. The molecule has 110 valence electrons. The minimum atomic E-state index is -4.54. The summed E-state index contributed by atoms with van der Waals surface area (Å²) in [6.07, 6.45) is -0.994. The summed E-state index contributed by atoms with van der Waals surface area (Å²) < 4.78 is 39.1. The normalized spacial score (nSPS) is 11.4. The lowest BCUT2D eigenvalue weighted by Gasteiger charge is -2.06. The van der Waals surface area contributed by atoms with Gasteiger partial charge in [0.15, 0.2) is 12.7 Å². The van der Waals surface area contributed by atoms with Crippen LogP contribution in [-0.4, -0.2) is 26.1 Å². The monoisotopic (exact) mass is 299 g/mol. The zero-order valence-corrected chi connectivity index (χ0v) is 10.6. The van der Waals surface area contributed by atoms with Crippen LogP contribution in [0.2, 0.25) is 0 Å². The van der Waals surface area contributed by atoms with Crippen LogP contribution in [0.3, 0.4) is 0 Å². The fraction of sp³-hybridized carbons (Fsp3) is 0.250. The van der Waals surface area contributed by atoms with Crippen LogP contribution in [0.1, 0.15) is 12.1 Å². The smallest absolute Gasteiger partial charge is 0.433 e. The molecule has 0 radical (unpaired) electrons. The highest BCUT2D eigenvalue weighted by Gasteiger charge is 2.32. The van der Waals surface area contributed by atoms with Crippen molar-refractivity contribution in [3.05, 3.63) is 36.5 Å². The quantitative estimate of drug-likeness (QED) is 0.861. The van der Waals surface area contributed by atoms with Crippen LogP contribution in [0.25, 0.3) is 11.3 Å². The molecule has 0 spiro atoms. The number of aromatic nitrogens is 4. The molecule has 0 amide bonds. The molecule has 0 fully saturated rings. The summed E-state index contributed by atoms with van der Waals surface area (Å²) in [6, 6.07) is 2.34. The molecule has 0 bridgehead atoms. The number of rotatable bonds is 4. The number of hydrogen-bond acceptors (Lipinski definition) is 4. The Hall–Kier alpha value is -2.58. The fourth-order valence-electron chi connectivity index (χ4n) is 1.55. The molecule has 0 aliphatic heterocycles. The van der Waals surface area contributed by atoms with Gasteiger partial charge in [-0.15, -0.1) is 0 Å². The first-order valence-corrected chi connectivity index (χ1v) is 5.83. The average Bonchev–Trinajstić information content (AvgIpc) is 2.45. The standard InChI is InChI=1S/C12H9F3N4O2/c13-12(14,15)10-5-9(16-7-17-10)8-1-3-19(18-6-8)4-2-11(20)21/h1,3,5-7H,2,4H2/p+1. The van der Waals surface area contributed by atoms with E-state index in [1.54, 1.807) is 0 Å². The van der Waals surface area contributed by atoms with Gasteiger partial charge in [0.2, 0.25) is 0 Å². The van der Waals surface area contributed by atoms with Crippen LogP contribution >= 0.6 is 0 Å². The summed E-state index contributed by atoms with van der Waals surface area (Å²) in [5.74, 6) is -0.959. The Morgan fingerprint density at radius 1 is 1.33 bits per heavy atom. The Morgan fingerprint density at radius 2 is 2.10 bits per heavy atom. The second-order valence-electron chi connectivity index (χ2n) is 4.11. The summed E-state index contributed by atoms with van der Waals surface area (Å²) in [5.41, 5.74) is -0.556. The van der Waals surface area contributed by atoms with Crippen molar-refractivity contribution in [3.8, 4) is 11.3 Å². The second kappa shape index (κ2) is 5.81. The highest BCUT2D eigenvalue weighted by atomic mass is 19.4. The van der Waals surface area contributed by atoms with Gasteiger partial charge in [0.25, 0.3) is 0 Å². The van der Waals surface area contributed by atoms with E-state index in [2.05, 4.69) is 15.1 Å². The lowest BCUT2D eigenvalue weighted by molar-refractivity contribution is -0.752. The third-order valence-corrected chi connectivity index (χ3v) is 2.58. The number of alkyl halides is 3. The summed E-state index contributed by atoms with van der Waals surface area (Å²) in [5, 5.41) is 12.5. The van der Waals surface area contributed by atoms with Crippen molar-refractivity contribution in [1.82, 2.24) is 15.1 Å². The van der Waals surface area contributed by atoms with E-state index in [0.717, 1.165) is 12.4 Å². The van der Waals surface area contributed by atoms with E-state index in [4.69, 9.17) is 5.11 Å². The molecule has 2 rings (SSSR count). The van der Waals surface area contributed by atoms with Gasteiger partial charge in [-0.1, -0.05) is 4.68 Å².